The van der Waals surface area contributed by atoms with Gasteiger partial charge < -0.3 is 123 Å². The van der Waals surface area contributed by atoms with Crippen LogP contribution in [-0.4, -0.2) is 232 Å². The SMILES string of the molecule is CC(=O)O.CC(=O)O.CC(=O)O.CC(=O)O.CC(=O)O.NC[C@@H]1O[C@H](O[C@H]2[C@@H](O)[C@H](O[C@@H]3[C@@H](O)[C@H](N)C[C@H](N)[C@H]3O[C@H]3O[C@H](CO)[C@@H](O)[C@H](O)[C@H]3N)O[C@@H]2/C=N/OCc2ccc([N+](=O)[O-])cc2)[C@H](N)[C@@H](O)[C@@H]1O. The lowest BCUT2D eigenvalue weighted by Crippen LogP contribution is -2.68. The first-order valence-electron chi connectivity index (χ1n) is 21.5. The van der Waals surface area contributed by atoms with Gasteiger partial charge in [0.15, 0.2) is 18.9 Å². The van der Waals surface area contributed by atoms with Crippen LogP contribution >= 0.6 is 0 Å². The Labute approximate surface area is 415 Å². The smallest absolute Gasteiger partial charge is 0.300 e. The van der Waals surface area contributed by atoms with Crippen molar-refractivity contribution < 1.29 is 123 Å². The van der Waals surface area contributed by atoms with Gasteiger partial charge in [-0.1, -0.05) is 5.16 Å². The Kier molecular flexibility index (Phi) is 31.1. The van der Waals surface area contributed by atoms with E-state index in [0.29, 0.717) is 5.56 Å². The number of benzene rings is 1. The van der Waals surface area contributed by atoms with Gasteiger partial charge in [0.2, 0.25) is 0 Å². The number of nitrogens with two attached hydrogens (primary N) is 5. The molecule has 1 aliphatic carbocycles. The zero-order valence-corrected chi connectivity index (χ0v) is 40.0. The van der Waals surface area contributed by atoms with Crippen LogP contribution in [0, 0.1) is 10.1 Å². The molecule has 22 N–H and O–H groups in total. The second-order valence-electron chi connectivity index (χ2n) is 16.0. The van der Waals surface area contributed by atoms with Crippen molar-refractivity contribution in [3.63, 3.8) is 0 Å². The fourth-order valence-electron chi connectivity index (χ4n) is 6.55. The van der Waals surface area contributed by atoms with Crippen LogP contribution in [0.2, 0.25) is 0 Å². The van der Waals surface area contributed by atoms with E-state index in [1.807, 2.05) is 0 Å². The third-order valence-electron chi connectivity index (χ3n) is 9.74. The molecule has 420 valence electrons. The quantitative estimate of drug-likeness (QED) is 0.0496. The van der Waals surface area contributed by atoms with Crippen LogP contribution < -0.4 is 28.7 Å². The number of aliphatic carboxylic acids is 5. The number of nitro groups is 1. The van der Waals surface area contributed by atoms with Crippen LogP contribution in [0.3, 0.4) is 0 Å². The number of nitrogens with zero attached hydrogens (tertiary/aromatic N) is 2. The molecule has 73 heavy (non-hydrogen) atoms. The van der Waals surface area contributed by atoms with Crippen molar-refractivity contribution in [2.75, 3.05) is 13.2 Å². The summed E-state index contributed by atoms with van der Waals surface area (Å²) in [6, 6.07) is 0.994. The van der Waals surface area contributed by atoms with Gasteiger partial charge in [-0.25, -0.2) is 0 Å². The fourth-order valence-corrected chi connectivity index (χ4v) is 6.55. The number of carboxylic acid groups (broad SMARTS) is 5. The van der Waals surface area contributed by atoms with Crippen molar-refractivity contribution >= 4 is 41.7 Å². The first-order chi connectivity index (χ1) is 33.8. The summed E-state index contributed by atoms with van der Waals surface area (Å²) in [6.45, 7) is 4.40. The zero-order chi connectivity index (χ0) is 56.6. The molecule has 0 aromatic heterocycles. The minimum atomic E-state index is -1.71. The maximum absolute atomic E-state index is 11.5. The van der Waals surface area contributed by atoms with Crippen LogP contribution in [0.4, 0.5) is 5.69 Å². The number of aliphatic hydroxyl groups is 7. The number of hydrogen-bond acceptors (Lipinski definition) is 27. The lowest BCUT2D eigenvalue weighted by Gasteiger charge is -2.47. The summed E-state index contributed by atoms with van der Waals surface area (Å²) < 4.78 is 35.3. The van der Waals surface area contributed by atoms with E-state index in [-0.39, 0.29) is 25.3 Å². The van der Waals surface area contributed by atoms with E-state index in [0.717, 1.165) is 40.8 Å². The number of carbonyl (C=O) groups is 5. The van der Waals surface area contributed by atoms with Crippen LogP contribution in [0.25, 0.3) is 0 Å². The predicted octanol–water partition coefficient (Wildman–Crippen LogP) is -6.29. The van der Waals surface area contributed by atoms with Crippen molar-refractivity contribution in [1.82, 2.24) is 0 Å². The first kappa shape index (κ1) is 67.7. The standard InChI is InChI=1S/C30H49N7O16.5C2H4O2/c31-6-14-20(40)22(42)17(34)28(48-14)52-26-15(7-36-47-9-10-1-3-11(4-2-10)37(45)46)49-30(24(26)44)53-27-19(39)12(32)5-13(33)25(27)51-29-18(35)23(43)21(41)16(8-38)50-29;5*1-2(3)4/h1-4,7,12-30,38-44H,5-6,8-9,31-35H2;5*1H3,(H,3,4)/b36-7+;;;;;/t12-,13+,14+,15-,16-,17-,18-,19+,20-,21-,22-,23-,24-,25-,26-,27-,28-,29-,30+;;;;;/m1...../s1. The lowest BCUT2D eigenvalue weighted by molar-refractivity contribution is -0.384. The van der Waals surface area contributed by atoms with Gasteiger partial charge in [-0.3, -0.25) is 34.1 Å². The van der Waals surface area contributed by atoms with E-state index in [4.69, 9.17) is 111 Å². The molecule has 4 fully saturated rings. The van der Waals surface area contributed by atoms with E-state index in [1.54, 1.807) is 0 Å². The van der Waals surface area contributed by atoms with Gasteiger partial charge in [0.1, 0.15) is 73.8 Å². The topological polar surface area (TPSA) is 578 Å². The van der Waals surface area contributed by atoms with E-state index in [9.17, 15) is 45.9 Å². The third kappa shape index (κ3) is 24.1. The molecule has 33 heteroatoms. The Morgan fingerprint density at radius 3 is 1.47 bits per heavy atom. The molecular formula is C40H69N7O26. The largest absolute Gasteiger partial charge is 0.481 e. The highest BCUT2D eigenvalue weighted by Crippen LogP contribution is 2.34. The number of nitro benzene ring substituents is 1. The van der Waals surface area contributed by atoms with Gasteiger partial charge in [-0.2, -0.15) is 0 Å². The van der Waals surface area contributed by atoms with Crippen LogP contribution in [0.5, 0.6) is 0 Å². The highest BCUT2D eigenvalue weighted by atomic mass is 16.8. The monoisotopic (exact) mass is 1060 g/mol. The number of rotatable bonds is 13. The fraction of sp³-hybridized carbons (Fsp3) is 0.700. The van der Waals surface area contributed by atoms with Crippen LogP contribution in [-0.2, 0) is 63.8 Å². The average Bonchev–Trinajstić information content (AvgIpc) is 3.56. The Hall–Kier alpha value is -5.28. The van der Waals surface area contributed by atoms with Gasteiger partial charge >= 0.3 is 0 Å². The van der Waals surface area contributed by atoms with Gasteiger partial charge in [-0.15, -0.1) is 0 Å². The average molecular weight is 1060 g/mol. The maximum Gasteiger partial charge on any atom is 0.300 e. The molecule has 1 aromatic rings. The summed E-state index contributed by atoms with van der Waals surface area (Å²) in [5.74, 6) is -4.17. The van der Waals surface area contributed by atoms with Crippen LogP contribution in [0.1, 0.15) is 46.6 Å². The summed E-state index contributed by atoms with van der Waals surface area (Å²) in [6.07, 6.45) is -20.4. The molecule has 0 radical (unpaired) electrons. The van der Waals surface area contributed by atoms with Crippen molar-refractivity contribution in [1.29, 1.82) is 0 Å². The Balaban J connectivity index is 0.00000221. The summed E-state index contributed by atoms with van der Waals surface area (Å²) in [4.78, 5) is 60.7. The Morgan fingerprint density at radius 1 is 0.630 bits per heavy atom. The molecule has 0 bridgehead atoms. The molecule has 3 saturated heterocycles. The van der Waals surface area contributed by atoms with Crippen molar-refractivity contribution in [2.45, 2.75) is 164 Å². The second-order valence-corrected chi connectivity index (χ2v) is 16.0. The zero-order valence-electron chi connectivity index (χ0n) is 40.0. The van der Waals surface area contributed by atoms with Crippen molar-refractivity contribution in [3.05, 3.63) is 39.9 Å². The highest BCUT2D eigenvalue weighted by Gasteiger charge is 2.54. The molecule has 0 unspecified atom stereocenters. The van der Waals surface area contributed by atoms with Gasteiger partial charge in [0.25, 0.3) is 35.5 Å². The van der Waals surface area contributed by atoms with Gasteiger partial charge in [0.05, 0.1) is 35.9 Å². The molecule has 33 nitrogen and oxygen atoms in total. The number of oxime groups is 1. The molecule has 0 amide bonds. The summed E-state index contributed by atoms with van der Waals surface area (Å²) in [7, 11) is 0. The van der Waals surface area contributed by atoms with Gasteiger partial charge in [-0.05, 0) is 24.1 Å². The molecule has 3 aliphatic heterocycles. The second kappa shape index (κ2) is 33.5. The van der Waals surface area contributed by atoms with Crippen molar-refractivity contribution in [3.8, 4) is 0 Å². The normalized spacial score (nSPS) is 34.4. The first-order valence-corrected chi connectivity index (χ1v) is 21.5. The lowest BCUT2D eigenvalue weighted by atomic mass is 9.84. The Morgan fingerprint density at radius 2 is 1.04 bits per heavy atom. The van der Waals surface area contributed by atoms with E-state index < -0.39 is 158 Å². The molecule has 4 aliphatic rings. The Bertz CT molecular complexity index is 1780. The third-order valence-corrected chi connectivity index (χ3v) is 9.74. The number of ether oxygens (including phenoxy) is 6. The minimum absolute atomic E-state index is 0.0247. The molecule has 19 atom stereocenters. The molecule has 3 heterocycles. The number of carboxylic acids is 5. The summed E-state index contributed by atoms with van der Waals surface area (Å²) in [5, 5.41) is 126. The number of aliphatic hydroxyl groups excluding tert-OH is 7. The van der Waals surface area contributed by atoms with E-state index in [2.05, 4.69) is 5.16 Å². The van der Waals surface area contributed by atoms with Crippen molar-refractivity contribution in [2.24, 2.45) is 33.8 Å². The molecule has 0 spiro atoms. The number of non-ortho nitro benzene ring substituents is 1. The molecule has 1 saturated carbocycles. The van der Waals surface area contributed by atoms with E-state index in [1.165, 1.54) is 24.3 Å². The molecular weight excluding hydrogens is 994 g/mol. The van der Waals surface area contributed by atoms with Crippen LogP contribution in [0.15, 0.2) is 29.4 Å². The summed E-state index contributed by atoms with van der Waals surface area (Å²) in [5.41, 5.74) is 30.8. The van der Waals surface area contributed by atoms with Gasteiger partial charge in [0, 0.05) is 65.4 Å². The highest BCUT2D eigenvalue weighted by molar-refractivity contribution is 5.64. The maximum atomic E-state index is 11.5. The summed E-state index contributed by atoms with van der Waals surface area (Å²) >= 11 is 0. The molecule has 5 rings (SSSR count). The predicted molar refractivity (Wildman–Crippen MR) is 242 cm³/mol. The van der Waals surface area contributed by atoms with E-state index >= 15 is 0 Å². The minimum Gasteiger partial charge on any atom is -0.481 e. The molecule has 1 aromatic carbocycles. The number of hydrogen-bond donors (Lipinski definition) is 17.